The first kappa shape index (κ1) is 20.1. The molecule has 4 rings (SSSR count). The molecule has 2 aromatic rings. The molecule has 6 nitrogen and oxygen atoms in total. The van der Waals surface area contributed by atoms with Crippen LogP contribution in [0, 0.1) is 12.8 Å². The number of carbonyl (C=O) groups excluding carboxylic acids is 1. The third-order valence-electron chi connectivity index (χ3n) is 6.37. The highest BCUT2D eigenvalue weighted by Crippen LogP contribution is 2.27. The summed E-state index contributed by atoms with van der Waals surface area (Å²) in [6.45, 7) is 7.25. The Morgan fingerprint density at radius 2 is 1.97 bits per heavy atom. The first-order valence-electron chi connectivity index (χ1n) is 10.9. The van der Waals surface area contributed by atoms with Gasteiger partial charge in [-0.25, -0.2) is 0 Å². The van der Waals surface area contributed by atoms with Gasteiger partial charge in [-0.2, -0.15) is 4.98 Å². The Morgan fingerprint density at radius 3 is 2.69 bits per heavy atom. The van der Waals surface area contributed by atoms with Gasteiger partial charge in [0.2, 0.25) is 11.8 Å². The minimum Gasteiger partial charge on any atom is -0.381 e. The molecule has 0 N–H and O–H groups in total. The molecule has 0 aliphatic carbocycles. The first-order chi connectivity index (χ1) is 14.1. The molecular weight excluding hydrogens is 366 g/mol. The van der Waals surface area contributed by atoms with Crippen LogP contribution in [0.15, 0.2) is 28.8 Å². The number of rotatable bonds is 5. The minimum absolute atomic E-state index is 0.0931. The molecule has 0 radical (unpaired) electrons. The van der Waals surface area contributed by atoms with Crippen molar-refractivity contribution in [3.05, 3.63) is 47.1 Å². The topological polar surface area (TPSA) is 68.5 Å². The number of likely N-dealkylation sites (tertiary alicyclic amines) is 1. The van der Waals surface area contributed by atoms with Crippen LogP contribution in [0.4, 0.5) is 0 Å². The molecule has 3 heterocycles. The van der Waals surface area contributed by atoms with E-state index in [-0.39, 0.29) is 11.8 Å². The van der Waals surface area contributed by atoms with Crippen molar-refractivity contribution in [2.45, 2.75) is 57.8 Å². The van der Waals surface area contributed by atoms with E-state index in [2.05, 4.69) is 29.2 Å². The maximum atomic E-state index is 12.9. The van der Waals surface area contributed by atoms with E-state index in [0.717, 1.165) is 75.7 Å². The predicted octanol–water partition coefficient (Wildman–Crippen LogP) is 3.86. The quantitative estimate of drug-likeness (QED) is 0.766. The molecular formula is C23H31N3O3. The van der Waals surface area contributed by atoms with Crippen molar-refractivity contribution in [1.29, 1.82) is 0 Å². The number of hydrogen-bond acceptors (Lipinski definition) is 5. The molecule has 2 aliphatic rings. The Kier molecular flexibility index (Phi) is 6.28. The van der Waals surface area contributed by atoms with Gasteiger partial charge in [-0.15, -0.1) is 0 Å². The molecule has 156 valence electrons. The van der Waals surface area contributed by atoms with Crippen LogP contribution in [-0.2, 0) is 16.0 Å². The fourth-order valence-corrected chi connectivity index (χ4v) is 4.43. The van der Waals surface area contributed by atoms with Gasteiger partial charge in [-0.3, -0.25) is 4.79 Å². The van der Waals surface area contributed by atoms with Crippen LogP contribution >= 0.6 is 0 Å². The predicted molar refractivity (Wildman–Crippen MR) is 110 cm³/mol. The van der Waals surface area contributed by atoms with Crippen molar-refractivity contribution in [2.24, 2.45) is 5.92 Å². The van der Waals surface area contributed by atoms with E-state index in [4.69, 9.17) is 9.26 Å². The number of nitrogens with zero attached hydrogens (tertiary/aromatic N) is 3. The second kappa shape index (κ2) is 9.08. The lowest BCUT2D eigenvalue weighted by Gasteiger charge is -2.33. The summed E-state index contributed by atoms with van der Waals surface area (Å²) >= 11 is 0. The molecule has 6 heteroatoms. The van der Waals surface area contributed by atoms with Crippen LogP contribution in [0.5, 0.6) is 0 Å². The Balaban J connectivity index is 1.28. The Morgan fingerprint density at radius 1 is 1.21 bits per heavy atom. The monoisotopic (exact) mass is 397 g/mol. The van der Waals surface area contributed by atoms with Gasteiger partial charge in [0.15, 0.2) is 5.82 Å². The summed E-state index contributed by atoms with van der Waals surface area (Å²) < 4.78 is 10.9. The standard InChI is InChI=1S/C23H31N3O3/c1-16-4-3-5-20(14-16)17(2)23(27)26-10-6-18(7-11-26)15-21-24-22(25-29-21)19-8-12-28-13-9-19/h3-5,14,17-19H,6-13,15H2,1-2H3. The highest BCUT2D eigenvalue weighted by molar-refractivity contribution is 5.83. The van der Waals surface area contributed by atoms with Crippen LogP contribution in [-0.4, -0.2) is 47.3 Å². The molecule has 0 bridgehead atoms. The van der Waals surface area contributed by atoms with Crippen LogP contribution in [0.3, 0.4) is 0 Å². The van der Waals surface area contributed by atoms with E-state index in [1.807, 2.05) is 24.0 Å². The van der Waals surface area contributed by atoms with Gasteiger partial charge in [0, 0.05) is 38.6 Å². The lowest BCUT2D eigenvalue weighted by atomic mass is 9.91. The molecule has 1 aromatic heterocycles. The summed E-state index contributed by atoms with van der Waals surface area (Å²) in [6.07, 6.45) is 4.73. The number of piperidine rings is 1. The first-order valence-corrected chi connectivity index (χ1v) is 10.9. The van der Waals surface area contributed by atoms with Gasteiger partial charge < -0.3 is 14.2 Å². The van der Waals surface area contributed by atoms with Crippen molar-refractivity contribution in [1.82, 2.24) is 15.0 Å². The average Bonchev–Trinajstić information content (AvgIpc) is 3.22. The lowest BCUT2D eigenvalue weighted by molar-refractivity contribution is -0.133. The number of carbonyl (C=O) groups is 1. The third-order valence-corrected chi connectivity index (χ3v) is 6.37. The van der Waals surface area contributed by atoms with Crippen molar-refractivity contribution < 1.29 is 14.1 Å². The van der Waals surface area contributed by atoms with Crippen LogP contribution in [0.25, 0.3) is 0 Å². The number of ether oxygens (including phenoxy) is 1. The molecule has 0 spiro atoms. The SMILES string of the molecule is Cc1cccc(C(C)C(=O)N2CCC(Cc3nc(C4CCOCC4)no3)CC2)c1. The Labute approximate surface area is 172 Å². The lowest BCUT2D eigenvalue weighted by Crippen LogP contribution is -2.41. The zero-order valence-electron chi connectivity index (χ0n) is 17.5. The minimum atomic E-state index is -0.0931. The van der Waals surface area contributed by atoms with E-state index >= 15 is 0 Å². The van der Waals surface area contributed by atoms with Gasteiger partial charge in [0.25, 0.3) is 0 Å². The molecule has 0 saturated carbocycles. The van der Waals surface area contributed by atoms with Crippen molar-refractivity contribution >= 4 is 5.91 Å². The van der Waals surface area contributed by atoms with Gasteiger partial charge >= 0.3 is 0 Å². The van der Waals surface area contributed by atoms with E-state index in [0.29, 0.717) is 11.8 Å². The largest absolute Gasteiger partial charge is 0.381 e. The average molecular weight is 398 g/mol. The van der Waals surface area contributed by atoms with Gasteiger partial charge in [0.05, 0.1) is 5.92 Å². The highest BCUT2D eigenvalue weighted by Gasteiger charge is 2.28. The Hall–Kier alpha value is -2.21. The molecule has 29 heavy (non-hydrogen) atoms. The van der Waals surface area contributed by atoms with E-state index in [9.17, 15) is 4.79 Å². The molecule has 1 unspecified atom stereocenters. The van der Waals surface area contributed by atoms with E-state index < -0.39 is 0 Å². The van der Waals surface area contributed by atoms with Crippen molar-refractivity contribution in [2.75, 3.05) is 26.3 Å². The second-order valence-corrected chi connectivity index (χ2v) is 8.54. The highest BCUT2D eigenvalue weighted by atomic mass is 16.5. The van der Waals surface area contributed by atoms with Gasteiger partial charge in [-0.1, -0.05) is 35.0 Å². The fourth-order valence-electron chi connectivity index (χ4n) is 4.43. The number of benzene rings is 1. The maximum absolute atomic E-state index is 12.9. The number of amides is 1. The van der Waals surface area contributed by atoms with Crippen molar-refractivity contribution in [3.63, 3.8) is 0 Å². The summed E-state index contributed by atoms with van der Waals surface area (Å²) in [5.74, 6) is 2.57. The normalized spacial score (nSPS) is 20.0. The van der Waals surface area contributed by atoms with Crippen LogP contribution in [0.2, 0.25) is 0 Å². The summed E-state index contributed by atoms with van der Waals surface area (Å²) in [5.41, 5.74) is 2.30. The van der Waals surface area contributed by atoms with Crippen LogP contribution in [0.1, 0.15) is 67.3 Å². The summed E-state index contributed by atoms with van der Waals surface area (Å²) in [5, 5.41) is 4.21. The van der Waals surface area contributed by atoms with Gasteiger partial charge in [0.1, 0.15) is 0 Å². The molecule has 1 aromatic carbocycles. The fraction of sp³-hybridized carbons (Fsp3) is 0.609. The zero-order valence-corrected chi connectivity index (χ0v) is 17.5. The molecule has 1 atom stereocenters. The summed E-state index contributed by atoms with van der Waals surface area (Å²) in [7, 11) is 0. The maximum Gasteiger partial charge on any atom is 0.229 e. The van der Waals surface area contributed by atoms with Crippen LogP contribution < -0.4 is 0 Å². The van der Waals surface area contributed by atoms with Gasteiger partial charge in [-0.05, 0) is 51.0 Å². The smallest absolute Gasteiger partial charge is 0.229 e. The molecule has 2 fully saturated rings. The number of aryl methyl sites for hydroxylation is 1. The number of aromatic nitrogens is 2. The molecule has 1 amide bonds. The van der Waals surface area contributed by atoms with E-state index in [1.165, 1.54) is 5.56 Å². The zero-order chi connectivity index (χ0) is 20.2. The molecule has 2 aliphatic heterocycles. The number of hydrogen-bond donors (Lipinski definition) is 0. The summed E-state index contributed by atoms with van der Waals surface area (Å²) in [4.78, 5) is 19.6. The van der Waals surface area contributed by atoms with E-state index in [1.54, 1.807) is 0 Å². The summed E-state index contributed by atoms with van der Waals surface area (Å²) in [6, 6.07) is 8.26. The molecule has 2 saturated heterocycles. The van der Waals surface area contributed by atoms with Crippen molar-refractivity contribution in [3.8, 4) is 0 Å². The second-order valence-electron chi connectivity index (χ2n) is 8.54. The third kappa shape index (κ3) is 4.86. The Bertz CT molecular complexity index is 820.